The molecule has 1 unspecified atom stereocenters. The van der Waals surface area contributed by atoms with Crippen LogP contribution in [-0.2, 0) is 17.9 Å². The maximum atomic E-state index is 12.1. The van der Waals surface area contributed by atoms with E-state index in [1.54, 1.807) is 31.5 Å². The fraction of sp³-hybridized carbons (Fsp3) is 0.357. The summed E-state index contributed by atoms with van der Waals surface area (Å²) in [5.41, 5.74) is 0. The molecule has 1 heterocycles. The van der Waals surface area contributed by atoms with Crippen LogP contribution in [-0.4, -0.2) is 26.8 Å². The Kier molecular flexibility index (Phi) is 5.63. The van der Waals surface area contributed by atoms with Gasteiger partial charge in [0, 0.05) is 16.6 Å². The van der Waals surface area contributed by atoms with E-state index in [0.29, 0.717) is 21.6 Å². The lowest BCUT2D eigenvalue weighted by Crippen LogP contribution is -2.36. The van der Waals surface area contributed by atoms with Gasteiger partial charge in [-0.15, -0.1) is 10.2 Å². The number of carbonyl (C=O) groups is 1. The first kappa shape index (κ1) is 16.6. The van der Waals surface area contributed by atoms with E-state index in [-0.39, 0.29) is 12.5 Å². The minimum absolute atomic E-state index is 0.262. The summed E-state index contributed by atoms with van der Waals surface area (Å²) in [5.74, 6) is 0.868. The molecule has 0 saturated heterocycles. The molecule has 0 aliphatic heterocycles. The molecular formula is C14H16Cl2N4O2. The van der Waals surface area contributed by atoms with Crippen LogP contribution >= 0.6 is 23.2 Å². The van der Waals surface area contributed by atoms with Crippen LogP contribution in [0, 0.1) is 0 Å². The molecule has 1 amide bonds. The van der Waals surface area contributed by atoms with Gasteiger partial charge in [0.25, 0.3) is 5.91 Å². The highest BCUT2D eigenvalue weighted by Gasteiger charge is 2.16. The molecule has 0 radical (unpaired) electrons. The van der Waals surface area contributed by atoms with Gasteiger partial charge in [-0.05, 0) is 32.0 Å². The molecule has 0 spiro atoms. The fourth-order valence-electron chi connectivity index (χ4n) is 1.84. The first-order valence-electron chi connectivity index (χ1n) is 6.76. The number of aromatic nitrogens is 3. The third-order valence-electron chi connectivity index (χ3n) is 2.98. The van der Waals surface area contributed by atoms with E-state index in [1.165, 1.54) is 0 Å². The summed E-state index contributed by atoms with van der Waals surface area (Å²) in [4.78, 5) is 12.1. The van der Waals surface area contributed by atoms with Crippen LogP contribution in [0.4, 0.5) is 0 Å². The summed E-state index contributed by atoms with van der Waals surface area (Å²) in [5, 5.41) is 11.4. The number of halogens is 2. The second-order valence-electron chi connectivity index (χ2n) is 4.62. The summed E-state index contributed by atoms with van der Waals surface area (Å²) < 4.78 is 7.39. The number of nitrogens with one attached hydrogen (secondary N) is 1. The highest BCUT2D eigenvalue weighted by Crippen LogP contribution is 2.24. The zero-order chi connectivity index (χ0) is 16.1. The van der Waals surface area contributed by atoms with Crippen LogP contribution in [0.2, 0.25) is 10.0 Å². The minimum atomic E-state index is -0.687. The van der Waals surface area contributed by atoms with Crippen molar-refractivity contribution in [2.75, 3.05) is 0 Å². The van der Waals surface area contributed by atoms with Crippen molar-refractivity contribution in [2.24, 2.45) is 0 Å². The number of carbonyl (C=O) groups excluding carboxylic acids is 1. The Balaban J connectivity index is 1.92. The van der Waals surface area contributed by atoms with E-state index >= 15 is 0 Å². The third kappa shape index (κ3) is 4.35. The molecule has 1 aromatic heterocycles. The van der Waals surface area contributed by atoms with Gasteiger partial charge in [-0.25, -0.2) is 0 Å². The number of benzene rings is 1. The van der Waals surface area contributed by atoms with Crippen molar-refractivity contribution in [1.82, 2.24) is 20.1 Å². The van der Waals surface area contributed by atoms with Crippen LogP contribution in [0.5, 0.6) is 5.75 Å². The van der Waals surface area contributed by atoms with Crippen LogP contribution in [0.1, 0.15) is 19.7 Å². The number of amides is 1. The Morgan fingerprint density at radius 3 is 2.68 bits per heavy atom. The number of hydrogen-bond acceptors (Lipinski definition) is 4. The first-order valence-corrected chi connectivity index (χ1v) is 7.52. The molecular weight excluding hydrogens is 327 g/mol. The van der Waals surface area contributed by atoms with E-state index in [1.807, 2.05) is 11.5 Å². The van der Waals surface area contributed by atoms with Crippen LogP contribution in [0.15, 0.2) is 24.5 Å². The standard InChI is InChI=1S/C14H16Cl2N4O2/c1-3-20-8-18-19-13(20)7-17-14(21)9(2)22-12-5-10(15)4-11(16)6-12/h4-6,8-9H,3,7H2,1-2H3,(H,17,21). The van der Waals surface area contributed by atoms with E-state index in [0.717, 1.165) is 6.54 Å². The van der Waals surface area contributed by atoms with Gasteiger partial charge in [0.05, 0.1) is 6.54 Å². The zero-order valence-corrected chi connectivity index (χ0v) is 13.7. The average Bonchev–Trinajstić information content (AvgIpc) is 2.90. The molecule has 8 heteroatoms. The molecule has 2 rings (SSSR count). The van der Waals surface area contributed by atoms with Crippen LogP contribution in [0.3, 0.4) is 0 Å². The van der Waals surface area contributed by atoms with Crippen molar-refractivity contribution < 1.29 is 9.53 Å². The summed E-state index contributed by atoms with van der Waals surface area (Å²) in [6, 6.07) is 4.80. The van der Waals surface area contributed by atoms with Crippen molar-refractivity contribution in [3.63, 3.8) is 0 Å². The quantitative estimate of drug-likeness (QED) is 0.876. The summed E-state index contributed by atoms with van der Waals surface area (Å²) in [6.45, 7) is 4.65. The number of hydrogen-bond donors (Lipinski definition) is 1. The number of ether oxygens (including phenoxy) is 1. The van der Waals surface area contributed by atoms with Crippen molar-refractivity contribution in [1.29, 1.82) is 0 Å². The molecule has 1 aromatic carbocycles. The minimum Gasteiger partial charge on any atom is -0.481 e. The molecule has 118 valence electrons. The Morgan fingerprint density at radius 2 is 2.05 bits per heavy atom. The topological polar surface area (TPSA) is 69.0 Å². The molecule has 22 heavy (non-hydrogen) atoms. The maximum absolute atomic E-state index is 12.1. The largest absolute Gasteiger partial charge is 0.481 e. The fourth-order valence-corrected chi connectivity index (χ4v) is 2.35. The van der Waals surface area contributed by atoms with E-state index in [4.69, 9.17) is 27.9 Å². The second kappa shape index (κ2) is 7.47. The molecule has 6 nitrogen and oxygen atoms in total. The highest BCUT2D eigenvalue weighted by atomic mass is 35.5. The van der Waals surface area contributed by atoms with Gasteiger partial charge in [0.1, 0.15) is 12.1 Å². The van der Waals surface area contributed by atoms with Gasteiger partial charge >= 0.3 is 0 Å². The van der Waals surface area contributed by atoms with Crippen molar-refractivity contribution in [3.8, 4) is 5.75 Å². The van der Waals surface area contributed by atoms with Gasteiger partial charge in [0.2, 0.25) is 0 Å². The van der Waals surface area contributed by atoms with Crippen molar-refractivity contribution in [2.45, 2.75) is 33.0 Å². The normalized spacial score (nSPS) is 12.0. The monoisotopic (exact) mass is 342 g/mol. The first-order chi connectivity index (χ1) is 10.5. The summed E-state index contributed by atoms with van der Waals surface area (Å²) >= 11 is 11.8. The van der Waals surface area contributed by atoms with Gasteiger partial charge in [-0.3, -0.25) is 4.79 Å². The average molecular weight is 343 g/mol. The molecule has 1 atom stereocenters. The lowest BCUT2D eigenvalue weighted by molar-refractivity contribution is -0.127. The molecule has 0 aliphatic carbocycles. The Labute approximate surface area is 138 Å². The molecule has 1 N–H and O–H groups in total. The van der Waals surface area contributed by atoms with Crippen LogP contribution < -0.4 is 10.1 Å². The van der Waals surface area contributed by atoms with Gasteiger partial charge in [0.15, 0.2) is 11.9 Å². The maximum Gasteiger partial charge on any atom is 0.261 e. The summed E-state index contributed by atoms with van der Waals surface area (Å²) in [7, 11) is 0. The lowest BCUT2D eigenvalue weighted by atomic mass is 10.3. The number of rotatable bonds is 6. The van der Waals surface area contributed by atoms with Crippen molar-refractivity contribution >= 4 is 29.1 Å². The second-order valence-corrected chi connectivity index (χ2v) is 5.49. The van der Waals surface area contributed by atoms with Gasteiger partial charge in [-0.2, -0.15) is 0 Å². The molecule has 0 bridgehead atoms. The molecule has 0 fully saturated rings. The van der Waals surface area contributed by atoms with E-state index in [2.05, 4.69) is 15.5 Å². The van der Waals surface area contributed by atoms with Crippen molar-refractivity contribution in [3.05, 3.63) is 40.4 Å². The van der Waals surface area contributed by atoms with E-state index in [9.17, 15) is 4.79 Å². The SMILES string of the molecule is CCn1cnnc1CNC(=O)C(C)Oc1cc(Cl)cc(Cl)c1. The Morgan fingerprint density at radius 1 is 1.36 bits per heavy atom. The van der Waals surface area contributed by atoms with Gasteiger partial charge in [-0.1, -0.05) is 23.2 Å². The molecule has 0 aliphatic rings. The highest BCUT2D eigenvalue weighted by molar-refractivity contribution is 6.34. The summed E-state index contributed by atoms with van der Waals surface area (Å²) in [6.07, 6.45) is 0.933. The van der Waals surface area contributed by atoms with E-state index < -0.39 is 6.10 Å². The number of nitrogens with zero attached hydrogens (tertiary/aromatic N) is 3. The zero-order valence-electron chi connectivity index (χ0n) is 12.2. The lowest BCUT2D eigenvalue weighted by Gasteiger charge is -2.15. The Bertz CT molecular complexity index is 640. The molecule has 0 saturated carbocycles. The molecule has 2 aromatic rings. The predicted molar refractivity (Wildman–Crippen MR) is 84.1 cm³/mol. The smallest absolute Gasteiger partial charge is 0.261 e. The van der Waals surface area contributed by atoms with Gasteiger partial charge < -0.3 is 14.6 Å². The Hall–Kier alpha value is -1.79. The third-order valence-corrected chi connectivity index (χ3v) is 3.41. The predicted octanol–water partition coefficient (Wildman–Crippen LogP) is 2.69. The number of aryl methyl sites for hydroxylation is 1. The van der Waals surface area contributed by atoms with Crippen LogP contribution in [0.25, 0.3) is 0 Å².